The lowest BCUT2D eigenvalue weighted by Crippen LogP contribution is -2.03. The summed E-state index contributed by atoms with van der Waals surface area (Å²) >= 11 is 0. The van der Waals surface area contributed by atoms with Crippen LogP contribution in [0.5, 0.6) is 0 Å². The molecule has 0 fully saturated rings. The van der Waals surface area contributed by atoms with E-state index in [-0.39, 0.29) is 0 Å². The highest BCUT2D eigenvalue weighted by Gasteiger charge is 2.10. The van der Waals surface area contributed by atoms with Crippen LogP contribution in [0.15, 0.2) is 33.5 Å². The zero-order valence-corrected chi connectivity index (χ0v) is 7.97. The first kappa shape index (κ1) is 8.78. The van der Waals surface area contributed by atoms with Crippen molar-refractivity contribution in [1.82, 2.24) is 20.6 Å². The van der Waals surface area contributed by atoms with E-state index in [2.05, 4.69) is 26.7 Å². The molecule has 0 atom stereocenters. The summed E-state index contributed by atoms with van der Waals surface area (Å²) in [6, 6.07) is 9.82. The van der Waals surface area contributed by atoms with Gasteiger partial charge in [0.1, 0.15) is 11.1 Å². The molecule has 2 heterocycles. The smallest absolute Gasteiger partial charge is 0.347 e. The molecular formula is C10H5N4O2. The summed E-state index contributed by atoms with van der Waals surface area (Å²) in [5, 5.41) is 13.8. The van der Waals surface area contributed by atoms with Crippen LogP contribution in [0.25, 0.3) is 22.4 Å². The van der Waals surface area contributed by atoms with Gasteiger partial charge in [-0.3, -0.25) is 0 Å². The molecule has 3 rings (SSSR count). The lowest BCUT2D eigenvalue weighted by atomic mass is 10.2. The van der Waals surface area contributed by atoms with Crippen molar-refractivity contribution in [3.8, 4) is 11.4 Å². The molecule has 1 N–H and O–H groups in total. The van der Waals surface area contributed by atoms with Crippen molar-refractivity contribution >= 4 is 11.0 Å². The van der Waals surface area contributed by atoms with E-state index in [0.29, 0.717) is 17.0 Å². The maximum Gasteiger partial charge on any atom is 0.347 e. The normalized spacial score (nSPS) is 10.8. The van der Waals surface area contributed by atoms with Gasteiger partial charge < -0.3 is 4.42 Å². The zero-order valence-electron chi connectivity index (χ0n) is 7.97. The first-order valence-electron chi connectivity index (χ1n) is 4.53. The molecule has 0 unspecified atom stereocenters. The highest BCUT2D eigenvalue weighted by molar-refractivity contribution is 5.79. The Hall–Kier alpha value is -2.50. The Kier molecular flexibility index (Phi) is 1.79. The molecule has 0 saturated carbocycles. The summed E-state index contributed by atoms with van der Waals surface area (Å²) in [5.74, 6) is 0.291. The van der Waals surface area contributed by atoms with Gasteiger partial charge >= 0.3 is 5.63 Å². The fourth-order valence-corrected chi connectivity index (χ4v) is 1.44. The van der Waals surface area contributed by atoms with E-state index < -0.39 is 5.63 Å². The standard InChI is InChI=1S/C10H5N4O2/c15-10-7(9-11-13-14-12-9)5-6-3-1-2-4-8(6)16-10/h1-3,5H,(H,11,12,13,14). The highest BCUT2D eigenvalue weighted by Crippen LogP contribution is 2.16. The first-order chi connectivity index (χ1) is 7.84. The minimum Gasteiger partial charge on any atom is -0.422 e. The molecule has 0 spiro atoms. The van der Waals surface area contributed by atoms with Crippen molar-refractivity contribution in [2.75, 3.05) is 0 Å². The SMILES string of the molecule is O=c1oc2[c]cccc2cc1-c1nnn[nH]1. The maximum absolute atomic E-state index is 11.6. The van der Waals surface area contributed by atoms with Gasteiger partial charge in [-0.05, 0) is 16.5 Å². The number of H-pyrrole nitrogens is 1. The van der Waals surface area contributed by atoms with Crippen LogP contribution >= 0.6 is 0 Å². The van der Waals surface area contributed by atoms with Crippen molar-refractivity contribution in [2.24, 2.45) is 0 Å². The summed E-state index contributed by atoms with van der Waals surface area (Å²) in [7, 11) is 0. The number of fused-ring (bicyclic) bond motifs is 1. The van der Waals surface area contributed by atoms with E-state index in [9.17, 15) is 4.79 Å². The molecule has 6 heteroatoms. The largest absolute Gasteiger partial charge is 0.422 e. The van der Waals surface area contributed by atoms with Gasteiger partial charge in [-0.1, -0.05) is 18.2 Å². The average Bonchev–Trinajstić information content (AvgIpc) is 2.81. The lowest BCUT2D eigenvalue weighted by Gasteiger charge is -1.97. The quantitative estimate of drug-likeness (QED) is 0.603. The van der Waals surface area contributed by atoms with Crippen LogP contribution in [-0.4, -0.2) is 20.6 Å². The molecule has 1 aromatic carbocycles. The van der Waals surface area contributed by atoms with E-state index in [1.165, 1.54) is 0 Å². The second kappa shape index (κ2) is 3.27. The van der Waals surface area contributed by atoms with Gasteiger partial charge in [0.25, 0.3) is 0 Å². The molecule has 0 aliphatic rings. The Morgan fingerprint density at radius 3 is 3.19 bits per heavy atom. The van der Waals surface area contributed by atoms with Crippen molar-refractivity contribution < 1.29 is 4.42 Å². The second-order valence-corrected chi connectivity index (χ2v) is 3.15. The van der Waals surface area contributed by atoms with E-state index in [0.717, 1.165) is 5.39 Å². The van der Waals surface area contributed by atoms with Crippen molar-refractivity contribution in [2.45, 2.75) is 0 Å². The third-order valence-corrected chi connectivity index (χ3v) is 2.16. The molecule has 6 nitrogen and oxygen atoms in total. The van der Waals surface area contributed by atoms with Crippen LogP contribution in [0, 0.1) is 6.07 Å². The highest BCUT2D eigenvalue weighted by atomic mass is 16.4. The zero-order chi connectivity index (χ0) is 11.0. The van der Waals surface area contributed by atoms with Gasteiger partial charge in [0.05, 0.1) is 0 Å². The Bertz CT molecular complexity index is 687. The lowest BCUT2D eigenvalue weighted by molar-refractivity contribution is 0.562. The Labute approximate surface area is 88.9 Å². The van der Waals surface area contributed by atoms with Gasteiger partial charge in [-0.15, -0.1) is 5.10 Å². The Balaban J connectivity index is 2.34. The van der Waals surface area contributed by atoms with Crippen molar-refractivity contribution in [3.05, 3.63) is 40.8 Å². The Morgan fingerprint density at radius 1 is 1.44 bits per heavy atom. The molecule has 0 saturated heterocycles. The summed E-state index contributed by atoms with van der Waals surface area (Å²) in [5.41, 5.74) is 0.231. The van der Waals surface area contributed by atoms with Crippen LogP contribution in [0.2, 0.25) is 0 Å². The van der Waals surface area contributed by atoms with Crippen LogP contribution in [0.4, 0.5) is 0 Å². The van der Waals surface area contributed by atoms with E-state index in [1.54, 1.807) is 12.1 Å². The third-order valence-electron chi connectivity index (χ3n) is 2.16. The molecule has 77 valence electrons. The number of nitrogens with one attached hydrogen (secondary N) is 1. The molecule has 3 aromatic rings. The predicted molar refractivity (Wildman–Crippen MR) is 54.5 cm³/mol. The second-order valence-electron chi connectivity index (χ2n) is 3.15. The number of aromatic nitrogens is 4. The van der Waals surface area contributed by atoms with Gasteiger partial charge in [-0.2, -0.15) is 0 Å². The number of benzene rings is 1. The number of nitrogens with zero attached hydrogens (tertiary/aromatic N) is 3. The van der Waals surface area contributed by atoms with E-state index >= 15 is 0 Å². The summed E-state index contributed by atoms with van der Waals surface area (Å²) in [4.78, 5) is 11.6. The fraction of sp³-hybridized carbons (Fsp3) is 0. The monoisotopic (exact) mass is 213 g/mol. The number of hydrogen-bond donors (Lipinski definition) is 1. The summed E-state index contributed by atoms with van der Waals surface area (Å²) in [6.07, 6.45) is 0. The number of para-hydroxylation sites is 1. The van der Waals surface area contributed by atoms with Crippen LogP contribution < -0.4 is 5.63 Å². The van der Waals surface area contributed by atoms with E-state index in [4.69, 9.17) is 4.42 Å². The fourth-order valence-electron chi connectivity index (χ4n) is 1.44. The average molecular weight is 213 g/mol. The number of rotatable bonds is 1. The van der Waals surface area contributed by atoms with Crippen molar-refractivity contribution in [3.63, 3.8) is 0 Å². The first-order valence-corrected chi connectivity index (χ1v) is 4.53. The molecular weight excluding hydrogens is 208 g/mol. The maximum atomic E-state index is 11.6. The molecule has 0 amide bonds. The number of hydrogen-bond acceptors (Lipinski definition) is 5. The minimum absolute atomic E-state index is 0.291. The minimum atomic E-state index is -0.492. The van der Waals surface area contributed by atoms with Gasteiger partial charge in [0.15, 0.2) is 5.82 Å². The van der Waals surface area contributed by atoms with E-state index in [1.807, 2.05) is 12.1 Å². The molecule has 0 aliphatic heterocycles. The molecule has 16 heavy (non-hydrogen) atoms. The topological polar surface area (TPSA) is 84.7 Å². The molecule has 0 bridgehead atoms. The van der Waals surface area contributed by atoms with Gasteiger partial charge in [0, 0.05) is 11.5 Å². The summed E-state index contributed by atoms with van der Waals surface area (Å²) in [6.45, 7) is 0. The van der Waals surface area contributed by atoms with Crippen LogP contribution in [0.3, 0.4) is 0 Å². The van der Waals surface area contributed by atoms with Crippen LogP contribution in [-0.2, 0) is 0 Å². The molecule has 1 radical (unpaired) electrons. The predicted octanol–water partition coefficient (Wildman–Crippen LogP) is 0.773. The summed E-state index contributed by atoms with van der Waals surface area (Å²) < 4.78 is 5.09. The third kappa shape index (κ3) is 1.28. The van der Waals surface area contributed by atoms with Crippen LogP contribution in [0.1, 0.15) is 0 Å². The molecule has 0 aliphatic carbocycles. The Morgan fingerprint density at radius 2 is 2.38 bits per heavy atom. The molecule has 2 aromatic heterocycles. The number of tetrazole rings is 1. The van der Waals surface area contributed by atoms with Crippen molar-refractivity contribution in [1.29, 1.82) is 0 Å². The number of aromatic amines is 1. The van der Waals surface area contributed by atoms with Gasteiger partial charge in [-0.25, -0.2) is 9.89 Å². The van der Waals surface area contributed by atoms with Gasteiger partial charge in [0.2, 0.25) is 0 Å².